The van der Waals surface area contributed by atoms with E-state index in [1.807, 2.05) is 6.92 Å². The molecule has 1 heterocycles. The van der Waals surface area contributed by atoms with Gasteiger partial charge in [0.15, 0.2) is 0 Å². The van der Waals surface area contributed by atoms with Crippen molar-refractivity contribution in [1.29, 1.82) is 0 Å². The minimum atomic E-state index is -0.223. The number of nitrogens with two attached hydrogens (primary N) is 1. The van der Waals surface area contributed by atoms with Gasteiger partial charge in [0.1, 0.15) is 16.0 Å². The Kier molecular flexibility index (Phi) is 3.41. The number of nitrogens with zero attached hydrogens (tertiary/aromatic N) is 1. The van der Waals surface area contributed by atoms with Gasteiger partial charge in [0.05, 0.1) is 5.69 Å². The summed E-state index contributed by atoms with van der Waals surface area (Å²) in [5.41, 5.74) is 6.68. The predicted molar refractivity (Wildman–Crippen MR) is 83.2 cm³/mol. The zero-order valence-electron chi connectivity index (χ0n) is 13.2. The van der Waals surface area contributed by atoms with Crippen molar-refractivity contribution in [2.75, 3.05) is 0 Å². The van der Waals surface area contributed by atoms with Crippen LogP contribution in [-0.4, -0.2) is 17.1 Å². The number of aryl methyl sites for hydroxylation is 1. The van der Waals surface area contributed by atoms with Gasteiger partial charge >= 0.3 is 5.97 Å². The molecule has 0 saturated heterocycles. The molecule has 0 amide bonds. The number of ether oxygens (including phenoxy) is 1. The van der Waals surface area contributed by atoms with Crippen LogP contribution in [0.1, 0.15) is 60.4 Å². The molecule has 1 aromatic rings. The molecule has 1 aromatic heterocycles. The lowest BCUT2D eigenvalue weighted by atomic mass is 9.70. The van der Waals surface area contributed by atoms with Gasteiger partial charge in [-0.1, -0.05) is 20.8 Å². The second kappa shape index (κ2) is 4.78. The first-order valence-corrected chi connectivity index (χ1v) is 8.48. The van der Waals surface area contributed by atoms with Gasteiger partial charge in [0, 0.05) is 12.0 Å². The molecule has 0 spiro atoms. The van der Waals surface area contributed by atoms with Crippen molar-refractivity contribution < 1.29 is 9.53 Å². The summed E-state index contributed by atoms with van der Waals surface area (Å²) in [7, 11) is 0. The lowest BCUT2D eigenvalue weighted by Crippen LogP contribution is -2.38. The highest BCUT2D eigenvalue weighted by Gasteiger charge is 2.62. The zero-order valence-corrected chi connectivity index (χ0v) is 14.0. The molecule has 116 valence electrons. The molecule has 21 heavy (non-hydrogen) atoms. The fourth-order valence-corrected chi connectivity index (χ4v) is 5.05. The Morgan fingerprint density at radius 2 is 2.19 bits per heavy atom. The third kappa shape index (κ3) is 2.05. The average Bonchev–Trinajstić information content (AvgIpc) is 2.97. The number of fused-ring (bicyclic) bond motifs is 2. The van der Waals surface area contributed by atoms with Crippen molar-refractivity contribution in [2.24, 2.45) is 22.5 Å². The van der Waals surface area contributed by atoms with E-state index >= 15 is 0 Å². The van der Waals surface area contributed by atoms with Crippen LogP contribution in [0.2, 0.25) is 0 Å². The Balaban J connectivity index is 1.79. The van der Waals surface area contributed by atoms with Crippen LogP contribution in [0.3, 0.4) is 0 Å². The zero-order chi connectivity index (χ0) is 15.4. The van der Waals surface area contributed by atoms with Gasteiger partial charge in [0.2, 0.25) is 0 Å². The van der Waals surface area contributed by atoms with Gasteiger partial charge in [-0.05, 0) is 37.5 Å². The highest BCUT2D eigenvalue weighted by molar-refractivity contribution is 7.13. The fourth-order valence-electron chi connectivity index (χ4n) is 4.22. The van der Waals surface area contributed by atoms with Gasteiger partial charge in [-0.15, -0.1) is 11.3 Å². The highest BCUT2D eigenvalue weighted by Crippen LogP contribution is 2.66. The molecule has 3 rings (SSSR count). The molecule has 3 atom stereocenters. The number of esters is 1. The predicted octanol–water partition coefficient (Wildman–Crippen LogP) is 3.28. The Labute approximate surface area is 130 Å². The van der Waals surface area contributed by atoms with Gasteiger partial charge in [-0.25, -0.2) is 9.78 Å². The van der Waals surface area contributed by atoms with Gasteiger partial charge in [-0.2, -0.15) is 0 Å². The van der Waals surface area contributed by atoms with Crippen molar-refractivity contribution in [2.45, 2.75) is 59.6 Å². The first-order valence-electron chi connectivity index (χ1n) is 7.67. The molecule has 2 aliphatic rings. The number of thiazole rings is 1. The normalized spacial score (nSPS) is 33.4. The third-order valence-corrected chi connectivity index (χ3v) is 7.32. The van der Waals surface area contributed by atoms with Crippen LogP contribution in [0.15, 0.2) is 0 Å². The molecule has 3 unspecified atom stereocenters. The number of hydrogen-bond donors (Lipinski definition) is 1. The molecule has 2 N–H and O–H groups in total. The van der Waals surface area contributed by atoms with E-state index in [2.05, 4.69) is 25.8 Å². The summed E-state index contributed by atoms with van der Waals surface area (Å²) < 4.78 is 5.90. The van der Waals surface area contributed by atoms with Gasteiger partial charge < -0.3 is 10.5 Å². The second-order valence-corrected chi connectivity index (χ2v) is 8.31. The summed E-state index contributed by atoms with van der Waals surface area (Å²) in [6.45, 7) is 9.14. The summed E-state index contributed by atoms with van der Waals surface area (Å²) in [6, 6.07) is 0. The minimum absolute atomic E-state index is 0.0292. The van der Waals surface area contributed by atoms with E-state index in [1.165, 1.54) is 17.8 Å². The Morgan fingerprint density at radius 3 is 2.67 bits per heavy atom. The van der Waals surface area contributed by atoms with E-state index in [4.69, 9.17) is 10.5 Å². The van der Waals surface area contributed by atoms with Crippen LogP contribution in [0.25, 0.3) is 0 Å². The number of aromatic nitrogens is 1. The Bertz CT molecular complexity index is 581. The first kappa shape index (κ1) is 15.0. The van der Waals surface area contributed by atoms with Crippen LogP contribution in [-0.2, 0) is 11.3 Å². The van der Waals surface area contributed by atoms with Gasteiger partial charge in [0.25, 0.3) is 0 Å². The standard InChI is InChI=1S/C16H24N2O2S/c1-9-13(21-12(8-17)18-9)14(19)20-11-7-10-5-6-16(11,4)15(10,2)3/h10-11H,5-8,17H2,1-4H3. The molecule has 2 aliphatic carbocycles. The summed E-state index contributed by atoms with van der Waals surface area (Å²) in [5.74, 6) is 0.446. The molecule has 2 saturated carbocycles. The van der Waals surface area contributed by atoms with Crippen molar-refractivity contribution in [1.82, 2.24) is 4.98 Å². The maximum Gasteiger partial charge on any atom is 0.350 e. The molecular formula is C16H24N2O2S. The molecular weight excluding hydrogens is 284 g/mol. The number of hydrogen-bond acceptors (Lipinski definition) is 5. The van der Waals surface area contributed by atoms with Crippen LogP contribution < -0.4 is 5.73 Å². The maximum absolute atomic E-state index is 12.5. The Morgan fingerprint density at radius 1 is 1.48 bits per heavy atom. The number of carbonyl (C=O) groups is 1. The lowest BCUT2D eigenvalue weighted by molar-refractivity contribution is -0.0239. The van der Waals surface area contributed by atoms with Crippen LogP contribution in [0.4, 0.5) is 0 Å². The quantitative estimate of drug-likeness (QED) is 0.870. The monoisotopic (exact) mass is 308 g/mol. The Hall–Kier alpha value is -0.940. The van der Waals surface area contributed by atoms with E-state index < -0.39 is 0 Å². The maximum atomic E-state index is 12.5. The summed E-state index contributed by atoms with van der Waals surface area (Å²) >= 11 is 1.36. The number of carbonyl (C=O) groups excluding carboxylic acids is 1. The van der Waals surface area contributed by atoms with Crippen LogP contribution in [0.5, 0.6) is 0 Å². The van der Waals surface area contributed by atoms with Crippen molar-refractivity contribution in [3.8, 4) is 0 Å². The fraction of sp³-hybridized carbons (Fsp3) is 0.750. The summed E-state index contributed by atoms with van der Waals surface area (Å²) in [6.07, 6.45) is 3.44. The number of rotatable bonds is 3. The smallest absolute Gasteiger partial charge is 0.350 e. The van der Waals surface area contributed by atoms with E-state index in [0.717, 1.165) is 23.5 Å². The topological polar surface area (TPSA) is 65.2 Å². The molecule has 5 heteroatoms. The molecule has 4 nitrogen and oxygen atoms in total. The molecule has 2 bridgehead atoms. The van der Waals surface area contributed by atoms with Crippen LogP contribution >= 0.6 is 11.3 Å². The lowest BCUT2D eigenvalue weighted by Gasteiger charge is -2.38. The van der Waals surface area contributed by atoms with E-state index in [1.54, 1.807) is 0 Å². The van der Waals surface area contributed by atoms with E-state index in [9.17, 15) is 4.79 Å². The molecule has 0 radical (unpaired) electrons. The van der Waals surface area contributed by atoms with Crippen molar-refractivity contribution in [3.05, 3.63) is 15.6 Å². The van der Waals surface area contributed by atoms with Crippen LogP contribution in [0, 0.1) is 23.7 Å². The molecule has 0 aliphatic heterocycles. The molecule has 2 fully saturated rings. The highest BCUT2D eigenvalue weighted by atomic mass is 32.1. The van der Waals surface area contributed by atoms with Gasteiger partial charge in [-0.3, -0.25) is 0 Å². The summed E-state index contributed by atoms with van der Waals surface area (Å²) in [4.78, 5) is 17.4. The average molecular weight is 308 g/mol. The first-order chi connectivity index (χ1) is 9.79. The minimum Gasteiger partial charge on any atom is -0.458 e. The SMILES string of the molecule is Cc1nc(CN)sc1C(=O)OC1CC2CCC1(C)C2(C)C. The third-order valence-electron chi connectivity index (χ3n) is 6.16. The van der Waals surface area contributed by atoms with Crippen molar-refractivity contribution in [3.63, 3.8) is 0 Å². The van der Waals surface area contributed by atoms with E-state index in [-0.39, 0.29) is 22.9 Å². The van der Waals surface area contributed by atoms with Crippen molar-refractivity contribution >= 4 is 17.3 Å². The molecule has 0 aromatic carbocycles. The summed E-state index contributed by atoms with van der Waals surface area (Å²) in [5, 5.41) is 0.791. The second-order valence-electron chi connectivity index (χ2n) is 7.23. The van der Waals surface area contributed by atoms with E-state index in [0.29, 0.717) is 17.3 Å². The largest absolute Gasteiger partial charge is 0.458 e.